The highest BCUT2D eigenvalue weighted by molar-refractivity contribution is 6.38. The summed E-state index contributed by atoms with van der Waals surface area (Å²) in [5.41, 5.74) is 1.72. The predicted octanol–water partition coefficient (Wildman–Crippen LogP) is 2.36. The number of ether oxygens (including phenoxy) is 1. The van der Waals surface area contributed by atoms with Crippen LogP contribution in [0.3, 0.4) is 0 Å². The first-order chi connectivity index (χ1) is 21.3. The Morgan fingerprint density at radius 3 is 2.32 bits per heavy atom. The van der Waals surface area contributed by atoms with Gasteiger partial charge in [0.1, 0.15) is 17.6 Å². The van der Waals surface area contributed by atoms with E-state index in [9.17, 15) is 28.4 Å². The number of benzene rings is 2. The van der Waals surface area contributed by atoms with Crippen LogP contribution in [-0.4, -0.2) is 72.1 Å². The lowest BCUT2D eigenvalue weighted by atomic mass is 9.91. The Kier molecular flexibility index (Phi) is 8.63. The molecule has 2 aromatic carbocycles. The van der Waals surface area contributed by atoms with Gasteiger partial charge >= 0.3 is 0 Å². The van der Waals surface area contributed by atoms with Crippen LogP contribution in [0.2, 0.25) is 0 Å². The van der Waals surface area contributed by atoms with Crippen molar-refractivity contribution >= 4 is 29.4 Å². The maximum absolute atomic E-state index is 13.8. The van der Waals surface area contributed by atoms with Gasteiger partial charge in [0, 0.05) is 25.0 Å². The molecule has 44 heavy (non-hydrogen) atoms. The van der Waals surface area contributed by atoms with Crippen LogP contribution in [0.15, 0.2) is 48.5 Å². The molecule has 4 amide bonds. The quantitative estimate of drug-likeness (QED) is 0.338. The third kappa shape index (κ3) is 6.61. The molecule has 2 heterocycles. The van der Waals surface area contributed by atoms with Gasteiger partial charge in [0.2, 0.25) is 17.6 Å². The third-order valence-corrected chi connectivity index (χ3v) is 9.33. The van der Waals surface area contributed by atoms with E-state index in [2.05, 4.69) is 16.0 Å². The SMILES string of the molecule is O=C(NC1CC1)C(=O)[C@H](C[C@@H]1CCNC1=O)NC(=O)[C@@H]1[C@H]2CCC[C@H]2CN1C(=O)COc1ccc(-c2ccc(F)cc2)cc1. The number of nitrogens with zero attached hydrogens (tertiary/aromatic N) is 1. The van der Waals surface area contributed by atoms with Gasteiger partial charge in [-0.15, -0.1) is 0 Å². The van der Waals surface area contributed by atoms with Crippen LogP contribution in [-0.2, 0) is 24.0 Å². The van der Waals surface area contributed by atoms with E-state index in [4.69, 9.17) is 4.74 Å². The summed E-state index contributed by atoms with van der Waals surface area (Å²) >= 11 is 0. The summed E-state index contributed by atoms with van der Waals surface area (Å²) in [4.78, 5) is 67.0. The van der Waals surface area contributed by atoms with E-state index in [-0.39, 0.29) is 48.5 Å². The summed E-state index contributed by atoms with van der Waals surface area (Å²) in [5, 5.41) is 8.22. The van der Waals surface area contributed by atoms with E-state index in [1.165, 1.54) is 12.1 Å². The van der Waals surface area contributed by atoms with Crippen LogP contribution in [0.1, 0.15) is 44.9 Å². The summed E-state index contributed by atoms with van der Waals surface area (Å²) in [6, 6.07) is 11.3. The number of hydrogen-bond donors (Lipinski definition) is 3. The first kappa shape index (κ1) is 29.8. The van der Waals surface area contributed by atoms with Crippen molar-refractivity contribution in [2.24, 2.45) is 17.8 Å². The van der Waals surface area contributed by atoms with Crippen molar-refractivity contribution in [2.75, 3.05) is 19.7 Å². The van der Waals surface area contributed by atoms with Crippen molar-refractivity contribution < 1.29 is 33.1 Å². The Balaban J connectivity index is 1.12. The number of carbonyl (C=O) groups excluding carboxylic acids is 5. The van der Waals surface area contributed by atoms with Gasteiger partial charge in [0.15, 0.2) is 6.61 Å². The monoisotopic (exact) mass is 604 g/mol. The molecule has 0 spiro atoms. The molecule has 4 fully saturated rings. The predicted molar refractivity (Wildman–Crippen MR) is 157 cm³/mol. The van der Waals surface area contributed by atoms with Crippen LogP contribution in [0.4, 0.5) is 4.39 Å². The van der Waals surface area contributed by atoms with Gasteiger partial charge in [-0.1, -0.05) is 30.7 Å². The molecule has 6 rings (SSSR count). The Morgan fingerprint density at radius 2 is 1.66 bits per heavy atom. The second-order valence-corrected chi connectivity index (χ2v) is 12.4. The largest absolute Gasteiger partial charge is 0.484 e. The van der Waals surface area contributed by atoms with Gasteiger partial charge in [-0.05, 0) is 85.8 Å². The second kappa shape index (κ2) is 12.8. The fourth-order valence-electron chi connectivity index (χ4n) is 6.80. The number of rotatable bonds is 11. The highest BCUT2D eigenvalue weighted by Crippen LogP contribution is 2.42. The zero-order valence-corrected chi connectivity index (χ0v) is 24.4. The number of Topliss-reactive ketones (excluding diaryl/α,β-unsaturated/α-hetero) is 1. The van der Waals surface area contributed by atoms with Crippen LogP contribution in [0.5, 0.6) is 5.75 Å². The minimum atomic E-state index is -1.16. The number of likely N-dealkylation sites (tertiary alicyclic amines) is 1. The van der Waals surface area contributed by atoms with Crippen LogP contribution >= 0.6 is 0 Å². The van der Waals surface area contributed by atoms with Crippen molar-refractivity contribution in [1.29, 1.82) is 0 Å². The average molecular weight is 605 g/mol. The highest BCUT2D eigenvalue weighted by Gasteiger charge is 2.50. The lowest BCUT2D eigenvalue weighted by molar-refractivity contribution is -0.143. The minimum Gasteiger partial charge on any atom is -0.484 e. The molecule has 2 aliphatic heterocycles. The Labute approximate surface area is 255 Å². The molecule has 11 heteroatoms. The molecule has 2 aromatic rings. The van der Waals surface area contributed by atoms with Crippen molar-refractivity contribution in [2.45, 2.75) is 63.1 Å². The first-order valence-electron chi connectivity index (χ1n) is 15.5. The lowest BCUT2D eigenvalue weighted by Gasteiger charge is -2.29. The van der Waals surface area contributed by atoms with Gasteiger partial charge in [0.25, 0.3) is 11.8 Å². The molecule has 3 N–H and O–H groups in total. The van der Waals surface area contributed by atoms with Gasteiger partial charge in [-0.25, -0.2) is 4.39 Å². The fraction of sp³-hybridized carbons (Fsp3) is 0.485. The molecule has 0 aromatic heterocycles. The number of hydrogen-bond acceptors (Lipinski definition) is 6. The Morgan fingerprint density at radius 1 is 0.955 bits per heavy atom. The normalized spacial score (nSPS) is 24.8. The Hall–Kier alpha value is -4.28. The van der Waals surface area contributed by atoms with Gasteiger partial charge in [0.05, 0.1) is 6.04 Å². The molecule has 0 bridgehead atoms. The van der Waals surface area contributed by atoms with Gasteiger partial charge in [-0.2, -0.15) is 0 Å². The third-order valence-electron chi connectivity index (χ3n) is 9.33. The van der Waals surface area contributed by atoms with Crippen LogP contribution in [0, 0.1) is 23.6 Å². The minimum absolute atomic E-state index is 0.0281. The van der Waals surface area contributed by atoms with Crippen molar-refractivity contribution in [3.8, 4) is 16.9 Å². The van der Waals surface area contributed by atoms with Crippen molar-refractivity contribution in [3.05, 3.63) is 54.3 Å². The molecule has 5 atom stereocenters. The van der Waals surface area contributed by atoms with E-state index in [0.29, 0.717) is 25.3 Å². The molecule has 4 aliphatic rings. The topological polar surface area (TPSA) is 134 Å². The van der Waals surface area contributed by atoms with E-state index < -0.39 is 35.6 Å². The molecule has 2 aliphatic carbocycles. The molecular weight excluding hydrogens is 567 g/mol. The summed E-state index contributed by atoms with van der Waals surface area (Å²) in [6.45, 7) is 0.629. The molecule has 0 radical (unpaired) electrons. The molecule has 10 nitrogen and oxygen atoms in total. The Bertz CT molecular complexity index is 1430. The average Bonchev–Trinajstić information content (AvgIpc) is 3.38. The van der Waals surface area contributed by atoms with Crippen molar-refractivity contribution in [3.63, 3.8) is 0 Å². The second-order valence-electron chi connectivity index (χ2n) is 12.4. The highest BCUT2D eigenvalue weighted by atomic mass is 19.1. The molecule has 2 saturated heterocycles. The number of ketones is 1. The first-order valence-corrected chi connectivity index (χ1v) is 15.5. The molecule has 2 saturated carbocycles. The standard InChI is InChI=1S/C33H37FN4O6/c34-23-8-4-19(5-9-23)20-6-12-25(13-7-20)44-18-28(39)38-17-22-2-1-3-26(22)29(38)32(42)37-27(16-21-14-15-35-31(21)41)30(40)33(43)36-24-10-11-24/h4-9,12-13,21-22,24,26-27,29H,1-3,10-11,14-18H2,(H,35,41)(H,36,43)(H,37,42)/t21-,22-,26-,27-,29-/m0/s1. The van der Waals surface area contributed by atoms with Crippen molar-refractivity contribution in [1.82, 2.24) is 20.9 Å². The molecule has 232 valence electrons. The molecular formula is C33H37FN4O6. The van der Waals surface area contributed by atoms with E-state index in [0.717, 1.165) is 43.2 Å². The smallest absolute Gasteiger partial charge is 0.289 e. The van der Waals surface area contributed by atoms with E-state index in [1.807, 2.05) is 12.1 Å². The number of nitrogens with one attached hydrogen (secondary N) is 3. The van der Waals surface area contributed by atoms with Crippen LogP contribution in [0.25, 0.3) is 11.1 Å². The number of fused-ring (bicyclic) bond motifs is 1. The van der Waals surface area contributed by atoms with E-state index >= 15 is 0 Å². The summed E-state index contributed by atoms with van der Waals surface area (Å²) in [6.07, 6.45) is 4.80. The maximum atomic E-state index is 13.8. The number of amides is 4. The fourth-order valence-corrected chi connectivity index (χ4v) is 6.80. The van der Waals surface area contributed by atoms with E-state index in [1.54, 1.807) is 29.2 Å². The lowest BCUT2D eigenvalue weighted by Crippen LogP contribution is -2.55. The summed E-state index contributed by atoms with van der Waals surface area (Å²) in [5.74, 6) is -2.75. The van der Waals surface area contributed by atoms with Gasteiger partial charge in [-0.3, -0.25) is 24.0 Å². The summed E-state index contributed by atoms with van der Waals surface area (Å²) in [7, 11) is 0. The van der Waals surface area contributed by atoms with Crippen LogP contribution < -0.4 is 20.7 Å². The van der Waals surface area contributed by atoms with Gasteiger partial charge < -0.3 is 25.6 Å². The zero-order valence-electron chi connectivity index (χ0n) is 24.4. The number of halogens is 1. The summed E-state index contributed by atoms with van der Waals surface area (Å²) < 4.78 is 19.1. The maximum Gasteiger partial charge on any atom is 0.289 e. The number of carbonyl (C=O) groups is 5. The molecule has 0 unspecified atom stereocenters. The zero-order chi connectivity index (χ0) is 30.8.